The van der Waals surface area contributed by atoms with Gasteiger partial charge in [0.05, 0.1) is 19.8 Å². The second-order valence-electron chi connectivity index (χ2n) is 9.84. The Morgan fingerprint density at radius 1 is 0.583 bits per heavy atom. The van der Waals surface area contributed by atoms with Crippen molar-refractivity contribution in [2.45, 2.75) is 76.1 Å². The van der Waals surface area contributed by atoms with Crippen LogP contribution in [0.3, 0.4) is 0 Å². The van der Waals surface area contributed by atoms with E-state index in [-0.39, 0.29) is 0 Å². The number of aliphatic hydroxyl groups is 1. The summed E-state index contributed by atoms with van der Waals surface area (Å²) in [6, 6.07) is 29.8. The minimum atomic E-state index is -0.975. The first-order valence-corrected chi connectivity index (χ1v) is 12.5. The van der Waals surface area contributed by atoms with Gasteiger partial charge >= 0.3 is 0 Å². The Balaban J connectivity index is 1.40. The van der Waals surface area contributed by atoms with Gasteiger partial charge in [0.1, 0.15) is 36.6 Å². The van der Waals surface area contributed by atoms with E-state index in [0.717, 1.165) is 16.7 Å². The number of benzene rings is 3. The molecule has 1 saturated heterocycles. The third-order valence-corrected chi connectivity index (χ3v) is 6.66. The number of ether oxygens (including phenoxy) is 5. The third-order valence-electron chi connectivity index (χ3n) is 6.66. The van der Waals surface area contributed by atoms with E-state index in [1.54, 1.807) is 0 Å². The third kappa shape index (κ3) is 5.86. The SMILES string of the molecule is CC1(C)O[C@H]2[C@@H](O1)[C@H](OCc1ccccc1)[C@@H](O)[C@H](OCc1ccccc1)[C@H]2OCc1ccccc1. The maximum Gasteiger partial charge on any atom is 0.164 e. The van der Waals surface area contributed by atoms with Crippen LogP contribution in [0, 0.1) is 0 Å². The molecule has 3 aromatic carbocycles. The van der Waals surface area contributed by atoms with Crippen molar-refractivity contribution in [3.8, 4) is 0 Å². The van der Waals surface area contributed by atoms with Crippen molar-refractivity contribution >= 4 is 0 Å². The average Bonchev–Trinajstić information content (AvgIpc) is 3.22. The van der Waals surface area contributed by atoms with E-state index in [2.05, 4.69) is 0 Å². The van der Waals surface area contributed by atoms with Crippen LogP contribution in [0.15, 0.2) is 91.0 Å². The molecular weight excluding hydrogens is 456 g/mol. The first-order chi connectivity index (χ1) is 17.5. The van der Waals surface area contributed by atoms with Crippen molar-refractivity contribution in [1.29, 1.82) is 0 Å². The van der Waals surface area contributed by atoms with Crippen molar-refractivity contribution in [2.75, 3.05) is 0 Å². The van der Waals surface area contributed by atoms with Crippen LogP contribution in [0.1, 0.15) is 30.5 Å². The first kappa shape index (κ1) is 25.1. The maximum atomic E-state index is 11.6. The van der Waals surface area contributed by atoms with Gasteiger partial charge in [0.2, 0.25) is 0 Å². The molecule has 1 aliphatic heterocycles. The Labute approximate surface area is 212 Å². The Hall–Kier alpha value is -2.58. The van der Waals surface area contributed by atoms with Gasteiger partial charge in [-0.1, -0.05) is 91.0 Å². The summed E-state index contributed by atoms with van der Waals surface area (Å²) in [5, 5.41) is 11.6. The van der Waals surface area contributed by atoms with Gasteiger partial charge in [-0.15, -0.1) is 0 Å². The van der Waals surface area contributed by atoms with Crippen LogP contribution in [0.25, 0.3) is 0 Å². The first-order valence-electron chi connectivity index (χ1n) is 12.5. The molecule has 1 aliphatic carbocycles. The van der Waals surface area contributed by atoms with E-state index >= 15 is 0 Å². The number of aliphatic hydroxyl groups excluding tert-OH is 1. The fraction of sp³-hybridized carbons (Fsp3) is 0.400. The maximum absolute atomic E-state index is 11.6. The molecule has 0 radical (unpaired) electrons. The van der Waals surface area contributed by atoms with Crippen molar-refractivity contribution in [3.05, 3.63) is 108 Å². The van der Waals surface area contributed by atoms with Crippen LogP contribution >= 0.6 is 0 Å². The van der Waals surface area contributed by atoms with Gasteiger partial charge in [-0.3, -0.25) is 0 Å². The highest BCUT2D eigenvalue weighted by Crippen LogP contribution is 2.41. The number of rotatable bonds is 9. The number of hydrogen-bond acceptors (Lipinski definition) is 6. The van der Waals surface area contributed by atoms with E-state index < -0.39 is 42.4 Å². The predicted molar refractivity (Wildman–Crippen MR) is 135 cm³/mol. The minimum absolute atomic E-state index is 0.334. The van der Waals surface area contributed by atoms with Gasteiger partial charge in [-0.2, -0.15) is 0 Å². The summed E-state index contributed by atoms with van der Waals surface area (Å²) < 4.78 is 31.7. The topological polar surface area (TPSA) is 66.4 Å². The average molecular weight is 491 g/mol. The normalized spacial score (nSPS) is 29.1. The van der Waals surface area contributed by atoms with Crippen LogP contribution in [0.2, 0.25) is 0 Å². The van der Waals surface area contributed by atoms with E-state index in [4.69, 9.17) is 23.7 Å². The summed E-state index contributed by atoms with van der Waals surface area (Å²) >= 11 is 0. The molecule has 36 heavy (non-hydrogen) atoms. The Kier molecular flexibility index (Phi) is 7.82. The molecule has 6 nitrogen and oxygen atoms in total. The molecule has 1 saturated carbocycles. The van der Waals surface area contributed by atoms with Crippen LogP contribution in [-0.4, -0.2) is 47.5 Å². The lowest BCUT2D eigenvalue weighted by molar-refractivity contribution is -0.238. The monoisotopic (exact) mass is 490 g/mol. The van der Waals surface area contributed by atoms with Gasteiger partial charge in [-0.25, -0.2) is 0 Å². The lowest BCUT2D eigenvalue weighted by Gasteiger charge is -2.44. The molecular formula is C30H34O6. The highest BCUT2D eigenvalue weighted by molar-refractivity contribution is 5.16. The Morgan fingerprint density at radius 2 is 0.944 bits per heavy atom. The highest BCUT2D eigenvalue weighted by atomic mass is 16.8. The van der Waals surface area contributed by atoms with E-state index in [1.165, 1.54) is 0 Å². The number of hydrogen-bond donors (Lipinski definition) is 1. The van der Waals surface area contributed by atoms with Crippen molar-refractivity contribution < 1.29 is 28.8 Å². The van der Waals surface area contributed by atoms with Crippen LogP contribution in [-0.2, 0) is 43.5 Å². The second-order valence-corrected chi connectivity index (χ2v) is 9.84. The summed E-state index contributed by atoms with van der Waals surface area (Å²) in [6.45, 7) is 4.80. The Morgan fingerprint density at radius 3 is 1.39 bits per heavy atom. The molecule has 0 bridgehead atoms. The van der Waals surface area contributed by atoms with Crippen molar-refractivity contribution in [2.24, 2.45) is 0 Å². The summed E-state index contributed by atoms with van der Waals surface area (Å²) in [7, 11) is 0. The molecule has 2 fully saturated rings. The highest BCUT2D eigenvalue weighted by Gasteiger charge is 2.59. The zero-order valence-electron chi connectivity index (χ0n) is 20.7. The standard InChI is InChI=1S/C30H34O6/c1-30(2)35-28-26(33-19-22-14-8-4-9-15-22)24(31)25(32-18-21-12-6-3-7-13-21)27(29(28)36-30)34-20-23-16-10-5-11-17-23/h3-17,24-29,31H,18-20H2,1-2H3/t24-,25-,26+,27+,28-,29+/m0/s1. The molecule has 190 valence electrons. The molecule has 0 aromatic heterocycles. The molecule has 1 heterocycles. The van der Waals surface area contributed by atoms with Gasteiger partial charge in [0, 0.05) is 0 Å². The van der Waals surface area contributed by atoms with Gasteiger partial charge in [-0.05, 0) is 30.5 Å². The zero-order chi connectivity index (χ0) is 25.0. The zero-order valence-corrected chi connectivity index (χ0v) is 20.7. The molecule has 1 N–H and O–H groups in total. The van der Waals surface area contributed by atoms with Crippen LogP contribution in [0.4, 0.5) is 0 Å². The number of fused-ring (bicyclic) bond motifs is 1. The lowest BCUT2D eigenvalue weighted by atomic mass is 9.84. The van der Waals surface area contributed by atoms with Gasteiger partial charge < -0.3 is 28.8 Å². The molecule has 0 amide bonds. The van der Waals surface area contributed by atoms with E-state index in [0.29, 0.717) is 19.8 Å². The summed E-state index contributed by atoms with van der Waals surface area (Å²) in [5.74, 6) is -0.841. The fourth-order valence-corrected chi connectivity index (χ4v) is 4.96. The smallest absolute Gasteiger partial charge is 0.164 e. The molecule has 0 unspecified atom stereocenters. The summed E-state index contributed by atoms with van der Waals surface area (Å²) in [4.78, 5) is 0. The molecule has 6 atom stereocenters. The lowest BCUT2D eigenvalue weighted by Crippen LogP contribution is -2.64. The predicted octanol–water partition coefficient (Wildman–Crippen LogP) is 4.64. The molecule has 0 spiro atoms. The molecule has 3 aromatic rings. The van der Waals surface area contributed by atoms with Crippen LogP contribution < -0.4 is 0 Å². The quantitative estimate of drug-likeness (QED) is 0.472. The Bertz CT molecular complexity index is 1070. The molecule has 5 rings (SSSR count). The summed E-state index contributed by atoms with van der Waals surface area (Å²) in [6.07, 6.45) is -3.81. The van der Waals surface area contributed by atoms with Gasteiger partial charge in [0.25, 0.3) is 0 Å². The van der Waals surface area contributed by atoms with E-state index in [9.17, 15) is 5.11 Å². The molecule has 2 aliphatic rings. The van der Waals surface area contributed by atoms with Gasteiger partial charge in [0.15, 0.2) is 5.79 Å². The van der Waals surface area contributed by atoms with Crippen molar-refractivity contribution in [1.82, 2.24) is 0 Å². The van der Waals surface area contributed by atoms with E-state index in [1.807, 2.05) is 105 Å². The fourth-order valence-electron chi connectivity index (χ4n) is 4.96. The minimum Gasteiger partial charge on any atom is -0.387 e. The summed E-state index contributed by atoms with van der Waals surface area (Å²) in [5.41, 5.74) is 3.06. The van der Waals surface area contributed by atoms with Crippen LogP contribution in [0.5, 0.6) is 0 Å². The molecule has 6 heteroatoms. The largest absolute Gasteiger partial charge is 0.387 e. The van der Waals surface area contributed by atoms with Crippen molar-refractivity contribution in [3.63, 3.8) is 0 Å². The second kappa shape index (κ2) is 11.2.